The molecule has 0 amide bonds. The lowest BCUT2D eigenvalue weighted by atomic mass is 10.2. The van der Waals surface area contributed by atoms with E-state index >= 15 is 0 Å². The summed E-state index contributed by atoms with van der Waals surface area (Å²) in [6, 6.07) is 8.11. The Morgan fingerprint density at radius 1 is 1.47 bits per heavy atom. The predicted molar refractivity (Wildman–Crippen MR) is 61.7 cm³/mol. The summed E-state index contributed by atoms with van der Waals surface area (Å²) >= 11 is 5.15. The summed E-state index contributed by atoms with van der Waals surface area (Å²) in [5, 5.41) is 0. The molecule has 1 aromatic carbocycles. The standard InChI is InChI=1S/C11H12N2OS/c1-14-8-9-3-2-4-10(7-9)13-6-5-12-11(13)15/h2-7H,8H2,1H3,(H,12,15). The fourth-order valence-corrected chi connectivity index (χ4v) is 1.72. The SMILES string of the molecule is COCc1cccc(-n2cc[nH]c2=S)c1. The molecule has 0 spiro atoms. The van der Waals surface area contributed by atoms with E-state index in [0.717, 1.165) is 11.3 Å². The second-order valence-corrected chi connectivity index (χ2v) is 3.62. The summed E-state index contributed by atoms with van der Waals surface area (Å²) in [6.07, 6.45) is 3.74. The second-order valence-electron chi connectivity index (χ2n) is 3.24. The number of hydrogen-bond donors (Lipinski definition) is 1. The molecule has 15 heavy (non-hydrogen) atoms. The Morgan fingerprint density at radius 3 is 3.00 bits per heavy atom. The first-order valence-electron chi connectivity index (χ1n) is 4.65. The highest BCUT2D eigenvalue weighted by Crippen LogP contribution is 2.11. The molecular formula is C11H12N2OS. The van der Waals surface area contributed by atoms with Crippen molar-refractivity contribution < 1.29 is 4.74 Å². The molecule has 0 bridgehead atoms. The van der Waals surface area contributed by atoms with Gasteiger partial charge in [0.05, 0.1) is 6.61 Å². The third-order valence-corrected chi connectivity index (χ3v) is 2.46. The molecule has 0 atom stereocenters. The van der Waals surface area contributed by atoms with Crippen molar-refractivity contribution in [2.45, 2.75) is 6.61 Å². The molecule has 0 aliphatic carbocycles. The van der Waals surface area contributed by atoms with E-state index in [1.807, 2.05) is 35.2 Å². The first-order chi connectivity index (χ1) is 7.31. The summed E-state index contributed by atoms with van der Waals surface area (Å²) in [4.78, 5) is 2.97. The first kappa shape index (κ1) is 10.1. The van der Waals surface area contributed by atoms with Gasteiger partial charge in [0, 0.05) is 25.2 Å². The van der Waals surface area contributed by atoms with Gasteiger partial charge >= 0.3 is 0 Å². The fourth-order valence-electron chi connectivity index (χ4n) is 1.49. The van der Waals surface area contributed by atoms with Gasteiger partial charge in [-0.15, -0.1) is 0 Å². The number of rotatable bonds is 3. The fraction of sp³-hybridized carbons (Fsp3) is 0.182. The molecule has 0 unspecified atom stereocenters. The molecule has 0 fully saturated rings. The van der Waals surface area contributed by atoms with Crippen molar-refractivity contribution in [3.05, 3.63) is 47.0 Å². The van der Waals surface area contributed by atoms with Crippen LogP contribution in [-0.4, -0.2) is 16.7 Å². The monoisotopic (exact) mass is 220 g/mol. The average molecular weight is 220 g/mol. The van der Waals surface area contributed by atoms with Gasteiger partial charge in [0.25, 0.3) is 0 Å². The van der Waals surface area contributed by atoms with Gasteiger partial charge in [-0.3, -0.25) is 4.57 Å². The summed E-state index contributed by atoms with van der Waals surface area (Å²) in [5.41, 5.74) is 2.19. The zero-order valence-electron chi connectivity index (χ0n) is 8.43. The van der Waals surface area contributed by atoms with Crippen molar-refractivity contribution in [2.24, 2.45) is 0 Å². The molecule has 0 radical (unpaired) electrons. The molecule has 0 saturated carbocycles. The minimum atomic E-state index is 0.617. The van der Waals surface area contributed by atoms with E-state index in [4.69, 9.17) is 17.0 Å². The molecular weight excluding hydrogens is 208 g/mol. The van der Waals surface area contributed by atoms with Gasteiger partial charge in [0.1, 0.15) is 0 Å². The Balaban J connectivity index is 2.41. The maximum Gasteiger partial charge on any atom is 0.181 e. The molecule has 0 aliphatic rings. The van der Waals surface area contributed by atoms with Gasteiger partial charge in [-0.05, 0) is 29.9 Å². The number of nitrogens with one attached hydrogen (secondary N) is 1. The Labute approximate surface area is 93.3 Å². The molecule has 1 heterocycles. The number of nitrogens with zero attached hydrogens (tertiary/aromatic N) is 1. The number of H-pyrrole nitrogens is 1. The smallest absolute Gasteiger partial charge is 0.181 e. The van der Waals surface area contributed by atoms with Crippen molar-refractivity contribution in [1.82, 2.24) is 9.55 Å². The lowest BCUT2D eigenvalue weighted by Gasteiger charge is -2.05. The van der Waals surface area contributed by atoms with Crippen LogP contribution in [0.1, 0.15) is 5.56 Å². The van der Waals surface area contributed by atoms with Gasteiger partial charge in [-0.2, -0.15) is 0 Å². The third kappa shape index (κ3) is 2.16. The highest BCUT2D eigenvalue weighted by Gasteiger charge is 1.98. The van der Waals surface area contributed by atoms with Crippen LogP contribution in [0.15, 0.2) is 36.7 Å². The van der Waals surface area contributed by atoms with Crippen LogP contribution >= 0.6 is 12.2 Å². The number of hydrogen-bond acceptors (Lipinski definition) is 2. The zero-order chi connectivity index (χ0) is 10.7. The number of benzene rings is 1. The number of aromatic amines is 1. The van der Waals surface area contributed by atoms with E-state index in [-0.39, 0.29) is 0 Å². The summed E-state index contributed by atoms with van der Waals surface area (Å²) < 4.78 is 7.71. The van der Waals surface area contributed by atoms with Crippen LogP contribution in [0, 0.1) is 4.77 Å². The molecule has 0 aliphatic heterocycles. The van der Waals surface area contributed by atoms with E-state index in [9.17, 15) is 0 Å². The maximum atomic E-state index is 5.15. The Hall–Kier alpha value is -1.39. The summed E-state index contributed by atoms with van der Waals surface area (Å²) in [6.45, 7) is 0.617. The van der Waals surface area contributed by atoms with Crippen molar-refractivity contribution in [2.75, 3.05) is 7.11 Å². The number of ether oxygens (including phenoxy) is 1. The van der Waals surface area contributed by atoms with Gasteiger partial charge < -0.3 is 9.72 Å². The van der Waals surface area contributed by atoms with Gasteiger partial charge in [0.2, 0.25) is 0 Å². The van der Waals surface area contributed by atoms with Crippen molar-refractivity contribution in [3.63, 3.8) is 0 Å². The summed E-state index contributed by atoms with van der Waals surface area (Å²) in [7, 11) is 1.69. The van der Waals surface area contributed by atoms with Crippen molar-refractivity contribution in [1.29, 1.82) is 0 Å². The van der Waals surface area contributed by atoms with Crippen LogP contribution in [0.4, 0.5) is 0 Å². The highest BCUT2D eigenvalue weighted by atomic mass is 32.1. The minimum absolute atomic E-state index is 0.617. The topological polar surface area (TPSA) is 29.9 Å². The molecule has 1 N–H and O–H groups in total. The number of methoxy groups -OCH3 is 1. The quantitative estimate of drug-likeness (QED) is 0.806. The average Bonchev–Trinajstić information content (AvgIpc) is 2.65. The molecule has 4 heteroatoms. The van der Waals surface area contributed by atoms with E-state index in [1.54, 1.807) is 7.11 Å². The second kappa shape index (κ2) is 4.42. The van der Waals surface area contributed by atoms with Crippen LogP contribution in [0.25, 0.3) is 5.69 Å². The Kier molecular flexibility index (Phi) is 2.99. The highest BCUT2D eigenvalue weighted by molar-refractivity contribution is 7.71. The molecule has 0 saturated heterocycles. The molecule has 2 aromatic rings. The van der Waals surface area contributed by atoms with Crippen LogP contribution in [0.2, 0.25) is 0 Å². The van der Waals surface area contributed by atoms with Crippen molar-refractivity contribution >= 4 is 12.2 Å². The van der Waals surface area contributed by atoms with Crippen LogP contribution in [-0.2, 0) is 11.3 Å². The van der Waals surface area contributed by atoms with Crippen LogP contribution in [0.3, 0.4) is 0 Å². The largest absolute Gasteiger partial charge is 0.380 e. The molecule has 2 rings (SSSR count). The van der Waals surface area contributed by atoms with Gasteiger partial charge in [-0.25, -0.2) is 0 Å². The van der Waals surface area contributed by atoms with Crippen LogP contribution in [0.5, 0.6) is 0 Å². The van der Waals surface area contributed by atoms with E-state index in [1.165, 1.54) is 0 Å². The normalized spacial score (nSPS) is 10.5. The summed E-state index contributed by atoms with van der Waals surface area (Å²) in [5.74, 6) is 0. The predicted octanol–water partition coefficient (Wildman–Crippen LogP) is 2.68. The van der Waals surface area contributed by atoms with E-state index in [0.29, 0.717) is 11.4 Å². The molecule has 1 aromatic heterocycles. The van der Waals surface area contributed by atoms with Crippen molar-refractivity contribution in [3.8, 4) is 5.69 Å². The zero-order valence-corrected chi connectivity index (χ0v) is 9.25. The van der Waals surface area contributed by atoms with E-state index < -0.39 is 0 Å². The maximum absolute atomic E-state index is 5.15. The lowest BCUT2D eigenvalue weighted by molar-refractivity contribution is 0.185. The first-order valence-corrected chi connectivity index (χ1v) is 5.06. The van der Waals surface area contributed by atoms with E-state index in [2.05, 4.69) is 11.1 Å². The minimum Gasteiger partial charge on any atom is -0.380 e. The van der Waals surface area contributed by atoms with Gasteiger partial charge in [-0.1, -0.05) is 12.1 Å². The molecule has 3 nitrogen and oxygen atoms in total. The molecule has 78 valence electrons. The third-order valence-electron chi connectivity index (χ3n) is 2.15. The van der Waals surface area contributed by atoms with Gasteiger partial charge in [0.15, 0.2) is 4.77 Å². The Morgan fingerprint density at radius 2 is 2.33 bits per heavy atom. The van der Waals surface area contributed by atoms with Crippen LogP contribution < -0.4 is 0 Å². The number of aromatic nitrogens is 2. The lowest BCUT2D eigenvalue weighted by Crippen LogP contribution is -1.94. The Bertz CT molecular complexity index is 501. The number of imidazole rings is 1.